The molecule has 0 aliphatic carbocycles. The minimum atomic E-state index is -5.46. The topological polar surface area (TPSA) is 171 Å². The van der Waals surface area contributed by atoms with E-state index in [9.17, 15) is 13.7 Å². The van der Waals surface area contributed by atoms with Crippen LogP contribution in [-0.4, -0.2) is 41.8 Å². The fraction of sp³-hybridized carbons (Fsp3) is 0. The van der Waals surface area contributed by atoms with E-state index in [-0.39, 0.29) is 38.4 Å². The van der Waals surface area contributed by atoms with Crippen molar-refractivity contribution in [1.29, 1.82) is 0 Å². The Morgan fingerprint density at radius 1 is 0.733 bits per heavy atom. The van der Waals surface area contributed by atoms with E-state index >= 15 is 0 Å². The van der Waals surface area contributed by atoms with Gasteiger partial charge in [0.05, 0.1) is 0 Å². The Kier molecular flexibility index (Phi) is 10.4. The standard InChI is InChI=1S/Al.Mo.H5O10P3.3H/c;;1-11(2,3)9-13(7,8)10-12(4,5)6;;;/h;;(H,7,8)(H2,1,2,3)(H2,4,5,6);;;. The largest absolute Gasteiger partial charge is 0.490 e. The molecule has 0 atom stereocenters. The summed E-state index contributed by atoms with van der Waals surface area (Å²) in [6.07, 6.45) is 0. The smallest absolute Gasteiger partial charge is 0.302 e. The van der Waals surface area contributed by atoms with Crippen LogP contribution in [-0.2, 0) is 43.4 Å². The summed E-state index contributed by atoms with van der Waals surface area (Å²) in [5.74, 6) is 0. The third-order valence-corrected chi connectivity index (χ3v) is 3.77. The van der Waals surface area contributed by atoms with E-state index in [0.717, 1.165) is 0 Å². The van der Waals surface area contributed by atoms with Gasteiger partial charge in [0.1, 0.15) is 0 Å². The molecule has 0 saturated carbocycles. The van der Waals surface area contributed by atoms with Gasteiger partial charge in [0.2, 0.25) is 0 Å². The molecular weight excluding hydrogens is 376 g/mol. The molecule has 0 aromatic carbocycles. The number of hydrogen-bond donors (Lipinski definition) is 5. The second-order valence-corrected chi connectivity index (χ2v) is 5.82. The Labute approximate surface area is 108 Å². The molecule has 92 valence electrons. The van der Waals surface area contributed by atoms with E-state index in [0.29, 0.717) is 0 Å². The van der Waals surface area contributed by atoms with Gasteiger partial charge in [0, 0.05) is 21.1 Å². The number of phosphoric acid groups is 3. The number of rotatable bonds is 4. The van der Waals surface area contributed by atoms with Crippen LogP contribution in [0.25, 0.3) is 0 Å². The first-order valence-electron chi connectivity index (χ1n) is 2.28. The second-order valence-electron chi connectivity index (χ2n) is 1.61. The zero-order valence-corrected chi connectivity index (χ0v) is 10.7. The predicted octanol–water partition coefficient (Wildman–Crippen LogP) is -1.88. The van der Waals surface area contributed by atoms with Crippen molar-refractivity contribution in [3.63, 3.8) is 0 Å². The van der Waals surface area contributed by atoms with Gasteiger partial charge >= 0.3 is 23.5 Å². The second kappa shape index (κ2) is 7.15. The maximum absolute atomic E-state index is 10.4. The molecule has 0 unspecified atom stereocenters. The molecule has 0 rings (SSSR count). The molecule has 0 fully saturated rings. The van der Waals surface area contributed by atoms with Gasteiger partial charge in [0.25, 0.3) is 0 Å². The van der Waals surface area contributed by atoms with Crippen LogP contribution in [0.3, 0.4) is 0 Å². The predicted molar refractivity (Wildman–Crippen MR) is 46.0 cm³/mol. The molecule has 0 spiro atoms. The van der Waals surface area contributed by atoms with Gasteiger partial charge in [-0.1, -0.05) is 0 Å². The summed E-state index contributed by atoms with van der Waals surface area (Å²) < 4.78 is 36.4. The van der Waals surface area contributed by atoms with Crippen LogP contribution in [0.1, 0.15) is 0 Å². The van der Waals surface area contributed by atoms with Crippen molar-refractivity contribution >= 4 is 40.8 Å². The third kappa shape index (κ3) is 15.6. The van der Waals surface area contributed by atoms with E-state index in [2.05, 4.69) is 8.62 Å². The third-order valence-electron chi connectivity index (χ3n) is 0.419. The molecular formula is H8AlMoO10P3. The summed E-state index contributed by atoms with van der Waals surface area (Å²) in [6.45, 7) is 0. The molecule has 0 saturated heterocycles. The molecule has 5 N–H and O–H groups in total. The van der Waals surface area contributed by atoms with Gasteiger partial charge in [0.15, 0.2) is 17.4 Å². The maximum atomic E-state index is 10.4. The molecule has 0 radical (unpaired) electrons. The van der Waals surface area contributed by atoms with E-state index < -0.39 is 23.5 Å². The number of hydrogen-bond acceptors (Lipinski definition) is 5. The van der Waals surface area contributed by atoms with Gasteiger partial charge in [-0.15, -0.1) is 0 Å². The van der Waals surface area contributed by atoms with E-state index in [4.69, 9.17) is 24.5 Å². The van der Waals surface area contributed by atoms with Crippen molar-refractivity contribution < 1.29 is 67.8 Å². The van der Waals surface area contributed by atoms with Crippen LogP contribution < -0.4 is 0 Å². The first kappa shape index (κ1) is 21.9. The van der Waals surface area contributed by atoms with Gasteiger partial charge in [-0.25, -0.2) is 13.7 Å². The minimum absolute atomic E-state index is 0. The molecule has 0 amide bonds. The summed E-state index contributed by atoms with van der Waals surface area (Å²) in [6, 6.07) is 0. The fourth-order valence-corrected chi connectivity index (χ4v) is 2.82. The van der Waals surface area contributed by atoms with Crippen molar-refractivity contribution in [1.82, 2.24) is 0 Å². The first-order chi connectivity index (χ1) is 5.41. The Balaban J connectivity index is -0.000000720. The van der Waals surface area contributed by atoms with Crippen LogP contribution in [0.5, 0.6) is 0 Å². The Bertz CT molecular complexity index is 283. The van der Waals surface area contributed by atoms with Crippen molar-refractivity contribution in [3.8, 4) is 0 Å². The van der Waals surface area contributed by atoms with E-state index in [1.165, 1.54) is 0 Å². The monoisotopic (exact) mass is 386 g/mol. The Morgan fingerprint density at radius 3 is 1.07 bits per heavy atom. The average Bonchev–Trinajstić information content (AvgIpc) is 1.43. The fourth-order valence-electron chi connectivity index (χ4n) is 0.284. The quantitative estimate of drug-likeness (QED) is 0.273. The molecule has 0 bridgehead atoms. The zero-order chi connectivity index (χ0) is 10.9. The summed E-state index contributed by atoms with van der Waals surface area (Å²) in [4.78, 5) is 40.2. The van der Waals surface area contributed by atoms with Crippen molar-refractivity contribution in [2.75, 3.05) is 0 Å². The van der Waals surface area contributed by atoms with Crippen LogP contribution in [0.2, 0.25) is 0 Å². The Hall–Kier alpha value is 1.63. The molecule has 15 heteroatoms. The first-order valence-corrected chi connectivity index (χ1v) is 6.83. The van der Waals surface area contributed by atoms with Gasteiger partial charge in [-0.2, -0.15) is 8.62 Å². The molecule has 0 aliphatic heterocycles. The SMILES string of the molecule is O=P(O)(O)OP(=O)(O)OP(=O)(O)O.[AlH3].[Mo]. The molecule has 0 aromatic rings. The summed E-state index contributed by atoms with van der Waals surface area (Å²) in [5.41, 5.74) is 0. The summed E-state index contributed by atoms with van der Waals surface area (Å²) >= 11 is 0. The van der Waals surface area contributed by atoms with Gasteiger partial charge in [-0.05, 0) is 0 Å². The van der Waals surface area contributed by atoms with Crippen LogP contribution >= 0.6 is 23.5 Å². The molecule has 15 heavy (non-hydrogen) atoms. The molecule has 0 heterocycles. The van der Waals surface area contributed by atoms with Crippen molar-refractivity contribution in [3.05, 3.63) is 0 Å². The van der Waals surface area contributed by atoms with E-state index in [1.54, 1.807) is 0 Å². The van der Waals surface area contributed by atoms with Crippen LogP contribution in [0.4, 0.5) is 0 Å². The minimum Gasteiger partial charge on any atom is -0.302 e. The molecule has 10 nitrogen and oxygen atoms in total. The normalized spacial score (nSPS) is 12.6. The molecule has 0 aliphatic rings. The van der Waals surface area contributed by atoms with E-state index in [1.807, 2.05) is 0 Å². The van der Waals surface area contributed by atoms with Gasteiger partial charge in [-0.3, -0.25) is 0 Å². The molecule has 0 aromatic heterocycles. The Morgan fingerprint density at radius 2 is 0.933 bits per heavy atom. The van der Waals surface area contributed by atoms with Crippen molar-refractivity contribution in [2.45, 2.75) is 0 Å². The van der Waals surface area contributed by atoms with Crippen molar-refractivity contribution in [2.24, 2.45) is 0 Å². The summed E-state index contributed by atoms with van der Waals surface area (Å²) in [5, 5.41) is 0. The zero-order valence-electron chi connectivity index (χ0n) is 6.03. The van der Waals surface area contributed by atoms with Gasteiger partial charge < -0.3 is 24.5 Å². The summed E-state index contributed by atoms with van der Waals surface area (Å²) in [7, 11) is -16.2. The maximum Gasteiger partial charge on any atom is 0.490 e. The average molecular weight is 384 g/mol. The van der Waals surface area contributed by atoms with Crippen LogP contribution in [0, 0.1) is 0 Å². The van der Waals surface area contributed by atoms with Crippen LogP contribution in [0.15, 0.2) is 0 Å².